The molecule has 29 heavy (non-hydrogen) atoms. The Labute approximate surface area is 178 Å². The average molecular weight is 430 g/mol. The van der Waals surface area contributed by atoms with Gasteiger partial charge in [0, 0.05) is 13.1 Å². The third-order valence-electron chi connectivity index (χ3n) is 5.75. The lowest BCUT2D eigenvalue weighted by atomic mass is 9.89. The number of rotatable bonds is 6. The molecule has 0 radical (unpaired) electrons. The summed E-state index contributed by atoms with van der Waals surface area (Å²) in [6.07, 6.45) is 3.40. The molecule has 3 heterocycles. The van der Waals surface area contributed by atoms with E-state index < -0.39 is 5.60 Å². The molecule has 1 fully saturated rings. The van der Waals surface area contributed by atoms with Gasteiger partial charge < -0.3 is 10.0 Å². The number of benzene rings is 1. The zero-order valence-electron chi connectivity index (χ0n) is 16.1. The van der Waals surface area contributed by atoms with Crippen LogP contribution in [0.25, 0.3) is 0 Å². The minimum absolute atomic E-state index is 0.142. The van der Waals surface area contributed by atoms with Gasteiger partial charge in [0.05, 0.1) is 9.75 Å². The minimum Gasteiger partial charge on any atom is -0.371 e. The summed E-state index contributed by atoms with van der Waals surface area (Å²) in [7, 11) is 0. The van der Waals surface area contributed by atoms with Gasteiger partial charge >= 0.3 is 0 Å². The summed E-state index contributed by atoms with van der Waals surface area (Å²) in [6.45, 7) is 1.25. The van der Waals surface area contributed by atoms with Gasteiger partial charge in [-0.3, -0.25) is 4.79 Å². The van der Waals surface area contributed by atoms with Crippen LogP contribution < -0.4 is 0 Å². The van der Waals surface area contributed by atoms with E-state index in [-0.39, 0.29) is 11.7 Å². The second kappa shape index (κ2) is 8.78. The van der Waals surface area contributed by atoms with Crippen molar-refractivity contribution in [2.75, 3.05) is 13.1 Å². The molecule has 1 N–H and O–H groups in total. The molecule has 1 aliphatic rings. The molecule has 2 aromatic heterocycles. The number of amides is 1. The van der Waals surface area contributed by atoms with Crippen molar-refractivity contribution in [3.05, 3.63) is 80.4 Å². The number of hydrogen-bond donors (Lipinski definition) is 1. The number of aliphatic hydroxyl groups is 1. The van der Waals surface area contributed by atoms with E-state index in [1.165, 1.54) is 28.7 Å². The molecule has 1 amide bonds. The van der Waals surface area contributed by atoms with Gasteiger partial charge in [0.1, 0.15) is 5.82 Å². The normalized spacial score (nSPS) is 15.6. The number of likely N-dealkylation sites (tertiary alicyclic amines) is 1. The summed E-state index contributed by atoms with van der Waals surface area (Å²) in [4.78, 5) is 16.5. The summed E-state index contributed by atoms with van der Waals surface area (Å²) in [5, 5.41) is 15.3. The van der Waals surface area contributed by atoms with Gasteiger partial charge in [-0.1, -0.05) is 30.3 Å². The van der Waals surface area contributed by atoms with Gasteiger partial charge in [0.2, 0.25) is 5.60 Å². The molecule has 0 unspecified atom stereocenters. The lowest BCUT2D eigenvalue weighted by Crippen LogP contribution is -2.49. The van der Waals surface area contributed by atoms with Crippen LogP contribution in [0.15, 0.2) is 59.3 Å². The predicted molar refractivity (Wildman–Crippen MR) is 116 cm³/mol. The van der Waals surface area contributed by atoms with Crippen molar-refractivity contribution in [2.24, 2.45) is 5.92 Å². The Balaban J connectivity index is 1.41. The summed E-state index contributed by atoms with van der Waals surface area (Å²) < 4.78 is 13.8. The van der Waals surface area contributed by atoms with Crippen molar-refractivity contribution in [1.29, 1.82) is 0 Å². The van der Waals surface area contributed by atoms with E-state index in [2.05, 4.69) is 0 Å². The second-order valence-electron chi connectivity index (χ2n) is 7.53. The predicted octanol–water partition coefficient (Wildman–Crippen LogP) is 5.06. The van der Waals surface area contributed by atoms with Crippen molar-refractivity contribution in [1.82, 2.24) is 4.90 Å². The van der Waals surface area contributed by atoms with Gasteiger partial charge in [-0.2, -0.15) is 0 Å². The maximum Gasteiger partial charge on any atom is 0.265 e. The van der Waals surface area contributed by atoms with Gasteiger partial charge in [-0.25, -0.2) is 4.39 Å². The van der Waals surface area contributed by atoms with E-state index in [0.717, 1.165) is 31.2 Å². The van der Waals surface area contributed by atoms with Crippen molar-refractivity contribution in [3.8, 4) is 0 Å². The van der Waals surface area contributed by atoms with E-state index in [0.29, 0.717) is 28.8 Å². The Morgan fingerprint density at radius 3 is 2.21 bits per heavy atom. The first kappa shape index (κ1) is 20.3. The third-order valence-corrected chi connectivity index (χ3v) is 7.70. The van der Waals surface area contributed by atoms with Crippen LogP contribution >= 0.6 is 22.7 Å². The van der Waals surface area contributed by atoms with Crippen LogP contribution in [-0.2, 0) is 16.8 Å². The van der Waals surface area contributed by atoms with Crippen LogP contribution in [0.2, 0.25) is 0 Å². The molecular formula is C23H24FNO2S2. The Bertz CT molecular complexity index is 897. The molecule has 0 bridgehead atoms. The number of halogens is 1. The monoisotopic (exact) mass is 429 g/mol. The number of thiophene rings is 2. The number of carbonyl (C=O) groups is 1. The highest BCUT2D eigenvalue weighted by Gasteiger charge is 2.45. The Kier molecular flexibility index (Phi) is 6.13. The second-order valence-corrected chi connectivity index (χ2v) is 9.43. The Morgan fingerprint density at radius 2 is 1.66 bits per heavy atom. The van der Waals surface area contributed by atoms with Crippen LogP contribution in [-0.4, -0.2) is 29.0 Å². The highest BCUT2D eigenvalue weighted by atomic mass is 32.1. The lowest BCUT2D eigenvalue weighted by Gasteiger charge is -2.37. The first-order chi connectivity index (χ1) is 14.1. The molecule has 1 aliphatic heterocycles. The largest absolute Gasteiger partial charge is 0.371 e. The van der Waals surface area contributed by atoms with Crippen molar-refractivity contribution >= 4 is 28.6 Å². The molecule has 6 heteroatoms. The smallest absolute Gasteiger partial charge is 0.265 e. The number of carbonyl (C=O) groups excluding carboxylic acids is 1. The van der Waals surface area contributed by atoms with Crippen LogP contribution in [0.4, 0.5) is 4.39 Å². The van der Waals surface area contributed by atoms with Crippen LogP contribution in [0.3, 0.4) is 0 Å². The summed E-state index contributed by atoms with van der Waals surface area (Å²) >= 11 is 2.80. The average Bonchev–Trinajstić information content (AvgIpc) is 3.47. The van der Waals surface area contributed by atoms with E-state index in [1.54, 1.807) is 11.0 Å². The fourth-order valence-electron chi connectivity index (χ4n) is 4.02. The van der Waals surface area contributed by atoms with E-state index in [9.17, 15) is 14.3 Å². The fourth-order valence-corrected chi connectivity index (χ4v) is 5.74. The molecule has 152 valence electrons. The zero-order valence-corrected chi connectivity index (χ0v) is 17.7. The molecule has 0 aliphatic carbocycles. The minimum atomic E-state index is -1.61. The first-order valence-electron chi connectivity index (χ1n) is 9.92. The fraction of sp³-hybridized carbons (Fsp3) is 0.348. The molecule has 0 atom stereocenters. The summed E-state index contributed by atoms with van der Waals surface area (Å²) in [5.74, 6) is 0.0854. The molecule has 4 rings (SSSR count). The number of aryl methyl sites for hydroxylation is 1. The Hall–Kier alpha value is -2.02. The third kappa shape index (κ3) is 4.15. The zero-order chi connectivity index (χ0) is 20.3. The highest BCUT2D eigenvalue weighted by Crippen LogP contribution is 2.38. The van der Waals surface area contributed by atoms with Gasteiger partial charge in [-0.05, 0) is 66.1 Å². The van der Waals surface area contributed by atoms with Gasteiger partial charge in [0.25, 0.3) is 5.91 Å². The number of nitrogens with zero attached hydrogens (tertiary/aromatic N) is 1. The van der Waals surface area contributed by atoms with E-state index in [4.69, 9.17) is 0 Å². The van der Waals surface area contributed by atoms with Crippen molar-refractivity contribution in [2.45, 2.75) is 31.3 Å². The lowest BCUT2D eigenvalue weighted by molar-refractivity contribution is -0.149. The maximum atomic E-state index is 13.8. The molecule has 0 saturated carbocycles. The van der Waals surface area contributed by atoms with Crippen LogP contribution in [0, 0.1) is 11.7 Å². The topological polar surface area (TPSA) is 40.5 Å². The van der Waals surface area contributed by atoms with E-state index >= 15 is 0 Å². The number of piperidine rings is 1. The summed E-state index contributed by atoms with van der Waals surface area (Å²) in [6, 6.07) is 14.3. The first-order valence-corrected chi connectivity index (χ1v) is 11.7. The highest BCUT2D eigenvalue weighted by molar-refractivity contribution is 7.12. The standard InChI is InChI=1S/C23H24FNO2S2/c24-19-6-2-1-5-18(19)10-9-17-11-13-25(14-12-17)22(26)23(27,20-7-3-15-28-20)21-8-4-16-29-21/h1-8,15-17,27H,9-14H2. The Morgan fingerprint density at radius 1 is 1.03 bits per heavy atom. The molecule has 3 aromatic rings. The molecule has 1 saturated heterocycles. The van der Waals surface area contributed by atoms with Crippen molar-refractivity contribution < 1.29 is 14.3 Å². The van der Waals surface area contributed by atoms with E-state index in [1.807, 2.05) is 47.2 Å². The maximum absolute atomic E-state index is 13.8. The molecular weight excluding hydrogens is 405 g/mol. The SMILES string of the molecule is O=C(N1CCC(CCc2ccccc2F)CC1)C(O)(c1cccs1)c1cccs1. The molecule has 1 aromatic carbocycles. The van der Waals surface area contributed by atoms with Crippen LogP contribution in [0.5, 0.6) is 0 Å². The molecule has 3 nitrogen and oxygen atoms in total. The van der Waals surface area contributed by atoms with Gasteiger partial charge in [-0.15, -0.1) is 22.7 Å². The van der Waals surface area contributed by atoms with Crippen LogP contribution in [0.1, 0.15) is 34.6 Å². The van der Waals surface area contributed by atoms with Gasteiger partial charge in [0.15, 0.2) is 0 Å². The number of hydrogen-bond acceptors (Lipinski definition) is 4. The molecule has 0 spiro atoms. The summed E-state index contributed by atoms with van der Waals surface area (Å²) in [5.41, 5.74) is -0.849. The quantitative estimate of drug-likeness (QED) is 0.595. The van der Waals surface area contributed by atoms with Crippen molar-refractivity contribution in [3.63, 3.8) is 0 Å².